The quantitative estimate of drug-likeness (QED) is 0.661. The summed E-state index contributed by atoms with van der Waals surface area (Å²) in [7, 11) is 0. The Bertz CT molecular complexity index is 275. The van der Waals surface area contributed by atoms with Gasteiger partial charge in [-0.15, -0.1) is 4.91 Å². The zero-order chi connectivity index (χ0) is 8.43. The van der Waals surface area contributed by atoms with Crippen LogP contribution in [0.25, 0.3) is 0 Å². The van der Waals surface area contributed by atoms with Crippen molar-refractivity contribution >= 4 is 17.3 Å². The van der Waals surface area contributed by atoms with Crippen LogP contribution in [-0.2, 0) is 0 Å². The van der Waals surface area contributed by atoms with E-state index < -0.39 is 0 Å². The molecule has 1 aromatic carbocycles. The SMILES string of the molecule is Cc1cc(O)c(N=O)c(Cl)c1. The van der Waals surface area contributed by atoms with Crippen LogP contribution in [0, 0.1) is 11.8 Å². The smallest absolute Gasteiger partial charge is 0.168 e. The number of aryl methyl sites for hydroxylation is 1. The maximum absolute atomic E-state index is 10.1. The maximum atomic E-state index is 10.1. The summed E-state index contributed by atoms with van der Waals surface area (Å²) >= 11 is 5.58. The second-order valence-electron chi connectivity index (χ2n) is 2.21. The van der Waals surface area contributed by atoms with Crippen LogP contribution in [-0.4, -0.2) is 5.11 Å². The van der Waals surface area contributed by atoms with Crippen molar-refractivity contribution in [3.8, 4) is 5.75 Å². The summed E-state index contributed by atoms with van der Waals surface area (Å²) in [6, 6.07) is 3.00. The normalized spacial score (nSPS) is 9.64. The van der Waals surface area contributed by atoms with Gasteiger partial charge in [0.05, 0.1) is 5.02 Å². The number of hydrogen-bond acceptors (Lipinski definition) is 3. The highest BCUT2D eigenvalue weighted by Gasteiger charge is 2.06. The average Bonchev–Trinajstić information content (AvgIpc) is 1.85. The summed E-state index contributed by atoms with van der Waals surface area (Å²) in [5.41, 5.74) is 0.692. The molecule has 0 fully saturated rings. The van der Waals surface area contributed by atoms with Crippen molar-refractivity contribution in [2.24, 2.45) is 5.18 Å². The summed E-state index contributed by atoms with van der Waals surface area (Å²) in [4.78, 5) is 10.1. The predicted molar refractivity (Wildman–Crippen MR) is 43.3 cm³/mol. The Hall–Kier alpha value is -1.09. The first-order chi connectivity index (χ1) is 5.15. The lowest BCUT2D eigenvalue weighted by molar-refractivity contribution is 0.476. The topological polar surface area (TPSA) is 49.7 Å². The maximum Gasteiger partial charge on any atom is 0.168 e. The minimum Gasteiger partial charge on any atom is -0.505 e. The van der Waals surface area contributed by atoms with Gasteiger partial charge in [0.2, 0.25) is 0 Å². The summed E-state index contributed by atoms with van der Waals surface area (Å²) in [5, 5.41) is 11.9. The fraction of sp³-hybridized carbons (Fsp3) is 0.143. The number of aromatic hydroxyl groups is 1. The van der Waals surface area contributed by atoms with Crippen LogP contribution < -0.4 is 0 Å². The number of benzene rings is 1. The molecule has 1 aromatic rings. The molecule has 0 saturated carbocycles. The van der Waals surface area contributed by atoms with E-state index in [2.05, 4.69) is 5.18 Å². The number of nitrogens with zero attached hydrogens (tertiary/aromatic N) is 1. The van der Waals surface area contributed by atoms with Gasteiger partial charge in [-0.25, -0.2) is 0 Å². The van der Waals surface area contributed by atoms with Crippen molar-refractivity contribution in [3.63, 3.8) is 0 Å². The molecular formula is C7H6ClNO2. The number of hydrogen-bond donors (Lipinski definition) is 1. The molecule has 3 nitrogen and oxygen atoms in total. The molecule has 0 saturated heterocycles. The van der Waals surface area contributed by atoms with E-state index in [4.69, 9.17) is 16.7 Å². The summed E-state index contributed by atoms with van der Waals surface area (Å²) in [6.45, 7) is 1.76. The van der Waals surface area contributed by atoms with Crippen molar-refractivity contribution in [2.45, 2.75) is 6.92 Å². The Labute approximate surface area is 68.6 Å². The van der Waals surface area contributed by atoms with Gasteiger partial charge in [-0.2, -0.15) is 0 Å². The van der Waals surface area contributed by atoms with E-state index in [9.17, 15) is 4.91 Å². The Balaban J connectivity index is 3.36. The molecule has 0 aromatic heterocycles. The Morgan fingerprint density at radius 1 is 1.55 bits per heavy atom. The highest BCUT2D eigenvalue weighted by Crippen LogP contribution is 2.34. The monoisotopic (exact) mass is 171 g/mol. The number of phenols is 1. The lowest BCUT2D eigenvalue weighted by atomic mass is 10.2. The molecule has 0 aliphatic carbocycles. The van der Waals surface area contributed by atoms with E-state index >= 15 is 0 Å². The van der Waals surface area contributed by atoms with Gasteiger partial charge in [0.25, 0.3) is 0 Å². The molecule has 1 N–H and O–H groups in total. The van der Waals surface area contributed by atoms with Crippen molar-refractivity contribution < 1.29 is 5.11 Å². The molecule has 0 aliphatic heterocycles. The molecule has 1 rings (SSSR count). The van der Waals surface area contributed by atoms with E-state index in [1.807, 2.05) is 0 Å². The van der Waals surface area contributed by atoms with Crippen LogP contribution in [0.15, 0.2) is 17.3 Å². The molecule has 4 heteroatoms. The van der Waals surface area contributed by atoms with Crippen molar-refractivity contribution in [2.75, 3.05) is 0 Å². The van der Waals surface area contributed by atoms with Gasteiger partial charge in [-0.1, -0.05) is 11.6 Å². The van der Waals surface area contributed by atoms with Gasteiger partial charge < -0.3 is 5.11 Å². The second-order valence-corrected chi connectivity index (χ2v) is 2.61. The van der Waals surface area contributed by atoms with Crippen LogP contribution in [0.5, 0.6) is 5.75 Å². The molecule has 0 atom stereocenters. The Kier molecular flexibility index (Phi) is 2.10. The van der Waals surface area contributed by atoms with Crippen LogP contribution >= 0.6 is 11.6 Å². The van der Waals surface area contributed by atoms with E-state index in [1.165, 1.54) is 6.07 Å². The molecule has 0 heterocycles. The van der Waals surface area contributed by atoms with Crippen LogP contribution in [0.1, 0.15) is 5.56 Å². The van der Waals surface area contributed by atoms with Gasteiger partial charge in [0.15, 0.2) is 5.69 Å². The van der Waals surface area contributed by atoms with Gasteiger partial charge in [-0.05, 0) is 29.8 Å². The van der Waals surface area contributed by atoms with E-state index in [1.54, 1.807) is 13.0 Å². The van der Waals surface area contributed by atoms with Crippen LogP contribution in [0.4, 0.5) is 5.69 Å². The van der Waals surface area contributed by atoms with Crippen LogP contribution in [0.3, 0.4) is 0 Å². The van der Waals surface area contributed by atoms with Gasteiger partial charge in [0, 0.05) is 0 Å². The van der Waals surface area contributed by atoms with Crippen molar-refractivity contribution in [1.82, 2.24) is 0 Å². The number of phenolic OH excluding ortho intramolecular Hbond substituents is 1. The molecule has 0 radical (unpaired) electrons. The predicted octanol–water partition coefficient (Wildman–Crippen LogP) is 2.75. The van der Waals surface area contributed by atoms with E-state index in [-0.39, 0.29) is 16.5 Å². The first kappa shape index (κ1) is 8.01. The molecule has 11 heavy (non-hydrogen) atoms. The lowest BCUT2D eigenvalue weighted by Gasteiger charge is -1.99. The third-order valence-corrected chi connectivity index (χ3v) is 1.57. The summed E-state index contributed by atoms with van der Waals surface area (Å²) in [5.74, 6) is -0.176. The Morgan fingerprint density at radius 3 is 2.64 bits per heavy atom. The number of rotatable bonds is 1. The van der Waals surface area contributed by atoms with Crippen molar-refractivity contribution in [1.29, 1.82) is 0 Å². The average molecular weight is 172 g/mol. The zero-order valence-corrected chi connectivity index (χ0v) is 6.59. The highest BCUT2D eigenvalue weighted by molar-refractivity contribution is 6.33. The molecule has 0 bridgehead atoms. The molecule has 0 amide bonds. The Morgan fingerprint density at radius 2 is 2.18 bits per heavy atom. The highest BCUT2D eigenvalue weighted by atomic mass is 35.5. The first-order valence-electron chi connectivity index (χ1n) is 2.97. The standard InChI is InChI=1S/C7H6ClNO2/c1-4-2-5(8)7(9-11)6(10)3-4/h2-3,10H,1H3. The van der Waals surface area contributed by atoms with E-state index in [0.29, 0.717) is 0 Å². The molecule has 0 spiro atoms. The molecular weight excluding hydrogens is 166 g/mol. The number of nitroso groups, excluding NO2 is 1. The summed E-state index contributed by atoms with van der Waals surface area (Å²) < 4.78 is 0. The number of halogens is 1. The fourth-order valence-electron chi connectivity index (χ4n) is 0.807. The minimum absolute atomic E-state index is 0.0998. The lowest BCUT2D eigenvalue weighted by Crippen LogP contribution is -1.74. The molecule has 0 aliphatic rings. The fourth-order valence-corrected chi connectivity index (χ4v) is 1.11. The third kappa shape index (κ3) is 1.49. The van der Waals surface area contributed by atoms with Gasteiger partial charge in [0.1, 0.15) is 5.75 Å². The minimum atomic E-state index is -0.176. The first-order valence-corrected chi connectivity index (χ1v) is 3.35. The third-order valence-electron chi connectivity index (χ3n) is 1.28. The molecule has 58 valence electrons. The van der Waals surface area contributed by atoms with Crippen molar-refractivity contribution in [3.05, 3.63) is 27.6 Å². The zero-order valence-electron chi connectivity index (χ0n) is 5.84. The van der Waals surface area contributed by atoms with Gasteiger partial charge in [-0.3, -0.25) is 0 Å². The molecule has 0 unspecified atom stereocenters. The van der Waals surface area contributed by atoms with Crippen LogP contribution in [0.2, 0.25) is 5.02 Å². The summed E-state index contributed by atoms with van der Waals surface area (Å²) in [6.07, 6.45) is 0. The second kappa shape index (κ2) is 2.88. The van der Waals surface area contributed by atoms with Gasteiger partial charge >= 0.3 is 0 Å². The van der Waals surface area contributed by atoms with E-state index in [0.717, 1.165) is 5.56 Å². The largest absolute Gasteiger partial charge is 0.505 e.